The van der Waals surface area contributed by atoms with Crippen LogP contribution in [0.4, 0.5) is 5.69 Å². The average Bonchev–Trinajstić information content (AvgIpc) is 2.74. The normalized spacial score (nSPS) is 20.8. The van der Waals surface area contributed by atoms with E-state index in [4.69, 9.17) is 0 Å². The van der Waals surface area contributed by atoms with Crippen molar-refractivity contribution in [3.05, 3.63) is 38.8 Å². The van der Waals surface area contributed by atoms with E-state index in [-0.39, 0.29) is 12.2 Å². The van der Waals surface area contributed by atoms with Gasteiger partial charge in [0.15, 0.2) is 0 Å². The summed E-state index contributed by atoms with van der Waals surface area (Å²) < 4.78 is 0.944. The maximum atomic E-state index is 12.2. The summed E-state index contributed by atoms with van der Waals surface area (Å²) in [6, 6.07) is 1.60. The fourth-order valence-electron chi connectivity index (χ4n) is 2.93. The van der Waals surface area contributed by atoms with Crippen molar-refractivity contribution in [1.82, 2.24) is 9.88 Å². The van der Waals surface area contributed by atoms with Crippen molar-refractivity contribution >= 4 is 17.6 Å². The first-order valence-corrected chi connectivity index (χ1v) is 7.75. The molecule has 1 aromatic rings. The fourth-order valence-corrected chi connectivity index (χ4v) is 2.93. The number of amides is 1. The Morgan fingerprint density at radius 1 is 1.29 bits per heavy atom. The number of carbonyl (C=O) groups is 2. The maximum Gasteiger partial charge on any atom is 0.308 e. The number of nitro groups is 1. The quantitative estimate of drug-likeness (QED) is 0.466. The molecule has 0 bridgehead atoms. The second kappa shape index (κ2) is 7.71. The molecule has 1 saturated carbocycles. The predicted molar refractivity (Wildman–Crippen MR) is 83.5 cm³/mol. The van der Waals surface area contributed by atoms with Gasteiger partial charge in [0.25, 0.3) is 11.2 Å². The molecular formula is C15H19N3O6. The third kappa shape index (κ3) is 4.40. The van der Waals surface area contributed by atoms with Gasteiger partial charge in [0.2, 0.25) is 5.91 Å². The summed E-state index contributed by atoms with van der Waals surface area (Å²) in [5.74, 6) is -2.14. The molecule has 2 N–H and O–H groups in total. The summed E-state index contributed by atoms with van der Waals surface area (Å²) in [6.07, 6.45) is 4.60. The molecule has 0 unspecified atom stereocenters. The van der Waals surface area contributed by atoms with Crippen molar-refractivity contribution in [2.24, 2.45) is 5.92 Å². The molecule has 0 aliphatic heterocycles. The molecule has 2 rings (SSSR count). The molecule has 9 nitrogen and oxygen atoms in total. The summed E-state index contributed by atoms with van der Waals surface area (Å²) >= 11 is 0. The number of pyridine rings is 1. The van der Waals surface area contributed by atoms with E-state index >= 15 is 0 Å². The smallest absolute Gasteiger partial charge is 0.308 e. The van der Waals surface area contributed by atoms with Gasteiger partial charge in [-0.25, -0.2) is 0 Å². The number of carbonyl (C=O) groups excluding carboxylic acids is 1. The molecule has 9 heteroatoms. The highest BCUT2D eigenvalue weighted by Crippen LogP contribution is 2.23. The molecule has 0 saturated heterocycles. The predicted octanol–water partition coefficient (Wildman–Crippen LogP) is 0.906. The minimum Gasteiger partial charge on any atom is -0.481 e. The minimum atomic E-state index is -0.949. The summed E-state index contributed by atoms with van der Waals surface area (Å²) in [5.41, 5.74) is -0.827. The topological polar surface area (TPSA) is 132 Å². The SMILES string of the molecule is O=C(Cn1cc([N+](=O)[O-])ccc1=O)N[C@H]1CCCCC[C@H]1C(=O)O. The van der Waals surface area contributed by atoms with E-state index in [0.29, 0.717) is 12.8 Å². The Kier molecular flexibility index (Phi) is 5.67. The van der Waals surface area contributed by atoms with Gasteiger partial charge in [0.05, 0.1) is 17.0 Å². The van der Waals surface area contributed by atoms with E-state index in [2.05, 4.69) is 5.32 Å². The number of hydrogen-bond donors (Lipinski definition) is 2. The molecule has 24 heavy (non-hydrogen) atoms. The average molecular weight is 337 g/mol. The molecule has 1 aromatic heterocycles. The van der Waals surface area contributed by atoms with Crippen molar-refractivity contribution in [2.75, 3.05) is 0 Å². The molecule has 1 aliphatic rings. The van der Waals surface area contributed by atoms with Crippen LogP contribution in [0.5, 0.6) is 0 Å². The van der Waals surface area contributed by atoms with Gasteiger partial charge >= 0.3 is 5.97 Å². The first-order valence-electron chi connectivity index (χ1n) is 7.75. The Labute approximate surface area is 137 Å². The second-order valence-electron chi connectivity index (χ2n) is 5.87. The van der Waals surface area contributed by atoms with Crippen molar-refractivity contribution in [3.8, 4) is 0 Å². The lowest BCUT2D eigenvalue weighted by atomic mass is 9.95. The van der Waals surface area contributed by atoms with E-state index in [1.807, 2.05) is 0 Å². The van der Waals surface area contributed by atoms with Crippen LogP contribution in [-0.2, 0) is 16.1 Å². The van der Waals surface area contributed by atoms with Crippen LogP contribution in [0.15, 0.2) is 23.1 Å². The fraction of sp³-hybridized carbons (Fsp3) is 0.533. The highest BCUT2D eigenvalue weighted by Gasteiger charge is 2.30. The lowest BCUT2D eigenvalue weighted by Gasteiger charge is -2.23. The molecule has 2 atom stereocenters. The van der Waals surface area contributed by atoms with Gasteiger partial charge in [-0.3, -0.25) is 29.1 Å². The first-order chi connectivity index (χ1) is 11.4. The standard InChI is InChI=1S/C15H19N3O6/c19-13(9-17-8-10(18(23)24)6-7-14(17)20)16-12-5-3-1-2-4-11(12)15(21)22/h6-8,11-12H,1-5,9H2,(H,16,19)(H,21,22)/t11-,12+/m1/s1. The van der Waals surface area contributed by atoms with Gasteiger partial charge in [-0.2, -0.15) is 0 Å². The van der Waals surface area contributed by atoms with Gasteiger partial charge in [0, 0.05) is 18.2 Å². The summed E-state index contributed by atoms with van der Waals surface area (Å²) in [6.45, 7) is -0.386. The van der Waals surface area contributed by atoms with E-state index in [1.54, 1.807) is 0 Å². The van der Waals surface area contributed by atoms with Crippen LogP contribution >= 0.6 is 0 Å². The largest absolute Gasteiger partial charge is 0.481 e. The van der Waals surface area contributed by atoms with Crippen molar-refractivity contribution in [2.45, 2.75) is 44.7 Å². The zero-order valence-corrected chi connectivity index (χ0v) is 13.0. The van der Waals surface area contributed by atoms with E-state index in [0.717, 1.165) is 42.2 Å². The Morgan fingerprint density at radius 2 is 2.00 bits per heavy atom. The zero-order chi connectivity index (χ0) is 17.7. The Balaban J connectivity index is 2.09. The molecule has 0 aromatic carbocycles. The van der Waals surface area contributed by atoms with Crippen LogP contribution in [0.2, 0.25) is 0 Å². The molecular weight excluding hydrogens is 318 g/mol. The molecule has 1 amide bonds. The second-order valence-corrected chi connectivity index (χ2v) is 5.87. The van der Waals surface area contributed by atoms with Crippen LogP contribution in [-0.4, -0.2) is 32.5 Å². The summed E-state index contributed by atoms with van der Waals surface area (Å²) in [7, 11) is 0. The number of hydrogen-bond acceptors (Lipinski definition) is 5. The number of carboxylic acids is 1. The number of nitrogens with zero attached hydrogens (tertiary/aromatic N) is 2. The highest BCUT2D eigenvalue weighted by atomic mass is 16.6. The van der Waals surface area contributed by atoms with Crippen LogP contribution in [0.25, 0.3) is 0 Å². The van der Waals surface area contributed by atoms with Crippen LogP contribution in [0, 0.1) is 16.0 Å². The summed E-state index contributed by atoms with van der Waals surface area (Å²) in [4.78, 5) is 45.3. The summed E-state index contributed by atoms with van der Waals surface area (Å²) in [5, 5.41) is 22.7. The van der Waals surface area contributed by atoms with Gasteiger partial charge in [-0.05, 0) is 12.8 Å². The molecule has 1 aliphatic carbocycles. The molecule has 0 spiro atoms. The van der Waals surface area contributed by atoms with Crippen LogP contribution in [0.1, 0.15) is 32.1 Å². The molecule has 1 fully saturated rings. The van der Waals surface area contributed by atoms with Crippen molar-refractivity contribution in [1.29, 1.82) is 0 Å². The van der Waals surface area contributed by atoms with Crippen molar-refractivity contribution < 1.29 is 19.6 Å². The Bertz CT molecular complexity index is 699. The first kappa shape index (κ1) is 17.6. The van der Waals surface area contributed by atoms with Crippen molar-refractivity contribution in [3.63, 3.8) is 0 Å². The highest BCUT2D eigenvalue weighted by molar-refractivity contribution is 5.78. The molecule has 0 radical (unpaired) electrons. The van der Waals surface area contributed by atoms with Crippen LogP contribution < -0.4 is 10.9 Å². The Hall–Kier alpha value is -2.71. The van der Waals surface area contributed by atoms with E-state index in [1.165, 1.54) is 0 Å². The third-order valence-electron chi connectivity index (χ3n) is 4.17. The monoisotopic (exact) mass is 337 g/mol. The lowest BCUT2D eigenvalue weighted by Crippen LogP contribution is -2.44. The van der Waals surface area contributed by atoms with Gasteiger partial charge in [-0.1, -0.05) is 19.3 Å². The van der Waals surface area contributed by atoms with Gasteiger partial charge in [-0.15, -0.1) is 0 Å². The number of carboxylic acid groups (broad SMARTS) is 1. The van der Waals surface area contributed by atoms with Gasteiger partial charge in [0.1, 0.15) is 6.54 Å². The third-order valence-corrected chi connectivity index (χ3v) is 4.17. The number of aromatic nitrogens is 1. The lowest BCUT2D eigenvalue weighted by molar-refractivity contribution is -0.385. The number of nitrogens with one attached hydrogen (secondary N) is 1. The number of aliphatic carboxylic acids is 1. The molecule has 1 heterocycles. The van der Waals surface area contributed by atoms with E-state index in [9.17, 15) is 29.6 Å². The minimum absolute atomic E-state index is 0.291. The van der Waals surface area contributed by atoms with E-state index < -0.39 is 34.3 Å². The zero-order valence-electron chi connectivity index (χ0n) is 13.0. The van der Waals surface area contributed by atoms with Gasteiger partial charge < -0.3 is 10.4 Å². The molecule has 130 valence electrons. The number of rotatable bonds is 5. The Morgan fingerprint density at radius 3 is 2.67 bits per heavy atom. The maximum absolute atomic E-state index is 12.2. The van der Waals surface area contributed by atoms with Crippen LogP contribution in [0.3, 0.4) is 0 Å².